The van der Waals surface area contributed by atoms with Crippen molar-refractivity contribution in [1.29, 1.82) is 0 Å². The lowest BCUT2D eigenvalue weighted by Crippen LogP contribution is -2.40. The van der Waals surface area contributed by atoms with Crippen LogP contribution >= 0.6 is 0 Å². The van der Waals surface area contributed by atoms with Gasteiger partial charge in [0.2, 0.25) is 5.91 Å². The predicted octanol–water partition coefficient (Wildman–Crippen LogP) is 1.50. The molecule has 3 N–H and O–H groups in total. The Morgan fingerprint density at radius 3 is 1.95 bits per heavy atom. The minimum atomic E-state index is -0.711. The zero-order chi connectivity index (χ0) is 15.1. The van der Waals surface area contributed by atoms with Gasteiger partial charge in [0.25, 0.3) is 0 Å². The zero-order valence-corrected chi connectivity index (χ0v) is 11.8. The van der Waals surface area contributed by atoms with Crippen LogP contribution in [0.25, 0.3) is 0 Å². The minimum Gasteiger partial charge on any atom is -0.345 e. The van der Waals surface area contributed by atoms with Crippen molar-refractivity contribution in [2.24, 2.45) is 0 Å². The molecule has 0 spiro atoms. The molecule has 1 rings (SSSR count). The highest BCUT2D eigenvalue weighted by Crippen LogP contribution is 2.13. The number of hydrogen-bond acceptors (Lipinski definition) is 3. The fraction of sp³-hybridized carbons (Fsp3) is 0.357. The van der Waals surface area contributed by atoms with E-state index in [0.717, 1.165) is 6.42 Å². The standard InChI is InChI=1S/C14H19N3O3/c1-4-9(2)15-13(19)14(20)17-12-7-5-11(6-8-12)16-10(3)18/h5-9H,4H2,1-3H3,(H,15,19)(H,16,18)(H,17,20). The van der Waals surface area contributed by atoms with Gasteiger partial charge in [-0.05, 0) is 37.6 Å². The van der Waals surface area contributed by atoms with Crippen molar-refractivity contribution in [2.45, 2.75) is 33.2 Å². The van der Waals surface area contributed by atoms with Gasteiger partial charge >= 0.3 is 11.8 Å². The molecule has 1 unspecified atom stereocenters. The Morgan fingerprint density at radius 1 is 1.00 bits per heavy atom. The Labute approximate surface area is 117 Å². The molecule has 0 aliphatic heterocycles. The van der Waals surface area contributed by atoms with Crippen LogP contribution < -0.4 is 16.0 Å². The molecule has 1 aromatic rings. The summed E-state index contributed by atoms with van der Waals surface area (Å²) in [6.07, 6.45) is 0.754. The van der Waals surface area contributed by atoms with Gasteiger partial charge in [-0.15, -0.1) is 0 Å². The van der Waals surface area contributed by atoms with Gasteiger partial charge in [0, 0.05) is 24.3 Å². The number of hydrogen-bond donors (Lipinski definition) is 3. The van der Waals surface area contributed by atoms with Crippen LogP contribution in [0.5, 0.6) is 0 Å². The van der Waals surface area contributed by atoms with Gasteiger partial charge in [-0.2, -0.15) is 0 Å². The molecule has 0 saturated heterocycles. The van der Waals surface area contributed by atoms with E-state index in [1.54, 1.807) is 24.3 Å². The fourth-order valence-corrected chi connectivity index (χ4v) is 1.42. The molecular weight excluding hydrogens is 258 g/mol. The average Bonchev–Trinajstić information content (AvgIpc) is 2.40. The van der Waals surface area contributed by atoms with Gasteiger partial charge < -0.3 is 16.0 Å². The largest absolute Gasteiger partial charge is 0.345 e. The van der Waals surface area contributed by atoms with Crippen molar-refractivity contribution in [1.82, 2.24) is 5.32 Å². The van der Waals surface area contributed by atoms with E-state index < -0.39 is 11.8 Å². The summed E-state index contributed by atoms with van der Waals surface area (Å²) in [6, 6.07) is 6.46. The molecule has 1 aromatic carbocycles. The highest BCUT2D eigenvalue weighted by Gasteiger charge is 2.15. The van der Waals surface area contributed by atoms with Crippen LogP contribution in [-0.4, -0.2) is 23.8 Å². The lowest BCUT2D eigenvalue weighted by atomic mass is 10.2. The Bertz CT molecular complexity index is 497. The summed E-state index contributed by atoms with van der Waals surface area (Å²) in [6.45, 7) is 5.16. The second kappa shape index (κ2) is 7.28. The van der Waals surface area contributed by atoms with E-state index >= 15 is 0 Å². The maximum atomic E-state index is 11.6. The Morgan fingerprint density at radius 2 is 1.50 bits per heavy atom. The first-order chi connectivity index (χ1) is 9.42. The fourth-order valence-electron chi connectivity index (χ4n) is 1.42. The Hall–Kier alpha value is -2.37. The van der Waals surface area contributed by atoms with Crippen LogP contribution in [0, 0.1) is 0 Å². The van der Waals surface area contributed by atoms with Crippen LogP contribution in [0.15, 0.2) is 24.3 Å². The highest BCUT2D eigenvalue weighted by molar-refractivity contribution is 6.39. The summed E-state index contributed by atoms with van der Waals surface area (Å²) < 4.78 is 0. The summed E-state index contributed by atoms with van der Waals surface area (Å²) >= 11 is 0. The molecular formula is C14H19N3O3. The normalized spacial score (nSPS) is 11.3. The van der Waals surface area contributed by atoms with E-state index in [9.17, 15) is 14.4 Å². The van der Waals surface area contributed by atoms with Crippen molar-refractivity contribution in [2.75, 3.05) is 10.6 Å². The molecule has 6 nitrogen and oxygen atoms in total. The molecule has 6 heteroatoms. The number of rotatable bonds is 4. The highest BCUT2D eigenvalue weighted by atomic mass is 16.2. The molecule has 0 saturated carbocycles. The van der Waals surface area contributed by atoms with E-state index in [2.05, 4.69) is 16.0 Å². The number of amides is 3. The van der Waals surface area contributed by atoms with Crippen LogP contribution in [0.3, 0.4) is 0 Å². The smallest absolute Gasteiger partial charge is 0.313 e. The van der Waals surface area contributed by atoms with Crippen molar-refractivity contribution in [3.63, 3.8) is 0 Å². The second-order valence-electron chi connectivity index (χ2n) is 4.50. The van der Waals surface area contributed by atoms with Gasteiger partial charge in [-0.3, -0.25) is 14.4 Å². The van der Waals surface area contributed by atoms with Crippen molar-refractivity contribution in [3.05, 3.63) is 24.3 Å². The first kappa shape index (κ1) is 15.7. The molecule has 0 radical (unpaired) electrons. The molecule has 0 fully saturated rings. The monoisotopic (exact) mass is 277 g/mol. The Balaban J connectivity index is 2.57. The van der Waals surface area contributed by atoms with Gasteiger partial charge in [0.15, 0.2) is 0 Å². The first-order valence-electron chi connectivity index (χ1n) is 6.42. The van der Waals surface area contributed by atoms with Gasteiger partial charge in [-0.1, -0.05) is 6.92 Å². The summed E-state index contributed by atoms with van der Waals surface area (Å²) in [7, 11) is 0. The number of anilines is 2. The topological polar surface area (TPSA) is 87.3 Å². The lowest BCUT2D eigenvalue weighted by molar-refractivity contribution is -0.136. The third kappa shape index (κ3) is 5.09. The zero-order valence-electron chi connectivity index (χ0n) is 11.8. The predicted molar refractivity (Wildman–Crippen MR) is 77.3 cm³/mol. The molecule has 20 heavy (non-hydrogen) atoms. The van der Waals surface area contributed by atoms with Crippen LogP contribution in [0.1, 0.15) is 27.2 Å². The molecule has 0 aromatic heterocycles. The van der Waals surface area contributed by atoms with Crippen molar-refractivity contribution >= 4 is 29.1 Å². The maximum absolute atomic E-state index is 11.6. The summed E-state index contributed by atoms with van der Waals surface area (Å²) in [5, 5.41) is 7.68. The quantitative estimate of drug-likeness (QED) is 0.729. The van der Waals surface area contributed by atoms with E-state index in [1.165, 1.54) is 6.92 Å². The van der Waals surface area contributed by atoms with Gasteiger partial charge in [0.1, 0.15) is 0 Å². The number of carbonyl (C=O) groups is 3. The first-order valence-corrected chi connectivity index (χ1v) is 6.42. The maximum Gasteiger partial charge on any atom is 0.313 e. The van der Waals surface area contributed by atoms with E-state index in [1.807, 2.05) is 13.8 Å². The number of nitrogens with one attached hydrogen (secondary N) is 3. The average molecular weight is 277 g/mol. The summed E-state index contributed by atoms with van der Waals surface area (Å²) in [5.41, 5.74) is 1.11. The summed E-state index contributed by atoms with van der Waals surface area (Å²) in [4.78, 5) is 34.0. The summed E-state index contributed by atoms with van der Waals surface area (Å²) in [5.74, 6) is -1.54. The molecule has 0 heterocycles. The van der Waals surface area contributed by atoms with E-state index in [-0.39, 0.29) is 11.9 Å². The molecule has 108 valence electrons. The SMILES string of the molecule is CCC(C)NC(=O)C(=O)Nc1ccc(NC(C)=O)cc1. The molecule has 1 atom stereocenters. The molecule has 0 aliphatic carbocycles. The molecule has 0 bridgehead atoms. The van der Waals surface area contributed by atoms with E-state index in [0.29, 0.717) is 11.4 Å². The molecule has 3 amide bonds. The van der Waals surface area contributed by atoms with Crippen molar-refractivity contribution < 1.29 is 14.4 Å². The minimum absolute atomic E-state index is 0.0459. The van der Waals surface area contributed by atoms with E-state index in [4.69, 9.17) is 0 Å². The number of benzene rings is 1. The lowest BCUT2D eigenvalue weighted by Gasteiger charge is -2.11. The van der Waals surface area contributed by atoms with Crippen molar-refractivity contribution in [3.8, 4) is 0 Å². The molecule has 0 aliphatic rings. The van der Waals surface area contributed by atoms with Gasteiger partial charge in [-0.25, -0.2) is 0 Å². The second-order valence-corrected chi connectivity index (χ2v) is 4.50. The number of carbonyl (C=O) groups excluding carboxylic acids is 3. The van der Waals surface area contributed by atoms with Crippen LogP contribution in [0.2, 0.25) is 0 Å². The van der Waals surface area contributed by atoms with Gasteiger partial charge in [0.05, 0.1) is 0 Å². The Kier molecular flexibility index (Phi) is 5.71. The third-order valence-electron chi connectivity index (χ3n) is 2.66. The van der Waals surface area contributed by atoms with Crippen LogP contribution in [0.4, 0.5) is 11.4 Å². The third-order valence-corrected chi connectivity index (χ3v) is 2.66. The van der Waals surface area contributed by atoms with Crippen LogP contribution in [-0.2, 0) is 14.4 Å².